The number of ether oxygens (including phenoxy) is 1. The van der Waals surface area contributed by atoms with E-state index in [4.69, 9.17) is 22.2 Å². The standard InChI is InChI=1S/C13H11BrClN3O2/c14-10-4-9(13(19)18-16)5-11(15)12(10)20-7-8-2-1-3-17-6-8/h1-6H,7,16H2,(H,18,19). The minimum Gasteiger partial charge on any atom is -0.486 e. The molecule has 0 radical (unpaired) electrons. The van der Waals surface area contributed by atoms with Gasteiger partial charge in [-0.1, -0.05) is 17.7 Å². The maximum atomic E-state index is 11.4. The molecule has 1 aromatic heterocycles. The lowest BCUT2D eigenvalue weighted by Crippen LogP contribution is -2.29. The molecule has 1 heterocycles. The van der Waals surface area contributed by atoms with Gasteiger partial charge in [-0.15, -0.1) is 0 Å². The molecule has 0 aliphatic carbocycles. The van der Waals surface area contributed by atoms with Crippen molar-refractivity contribution < 1.29 is 9.53 Å². The van der Waals surface area contributed by atoms with Gasteiger partial charge in [-0.2, -0.15) is 0 Å². The zero-order chi connectivity index (χ0) is 14.5. The van der Waals surface area contributed by atoms with Crippen molar-refractivity contribution in [3.8, 4) is 5.75 Å². The zero-order valence-corrected chi connectivity index (χ0v) is 12.6. The van der Waals surface area contributed by atoms with E-state index >= 15 is 0 Å². The molecule has 2 aromatic rings. The highest BCUT2D eigenvalue weighted by molar-refractivity contribution is 9.10. The van der Waals surface area contributed by atoms with E-state index in [2.05, 4.69) is 20.9 Å². The first-order valence-corrected chi connectivity index (χ1v) is 6.80. The molecule has 0 aliphatic heterocycles. The van der Waals surface area contributed by atoms with E-state index in [1.54, 1.807) is 18.5 Å². The molecule has 0 bridgehead atoms. The van der Waals surface area contributed by atoms with Crippen molar-refractivity contribution in [1.29, 1.82) is 0 Å². The number of rotatable bonds is 4. The molecule has 104 valence electrons. The van der Waals surface area contributed by atoms with Crippen molar-refractivity contribution in [2.24, 2.45) is 5.84 Å². The Morgan fingerprint density at radius 1 is 1.50 bits per heavy atom. The second-order valence-electron chi connectivity index (χ2n) is 3.89. The normalized spacial score (nSPS) is 10.2. The highest BCUT2D eigenvalue weighted by Crippen LogP contribution is 2.35. The molecule has 7 heteroatoms. The number of halogens is 2. The van der Waals surface area contributed by atoms with Crippen molar-refractivity contribution in [2.75, 3.05) is 0 Å². The molecule has 20 heavy (non-hydrogen) atoms. The Hall–Kier alpha value is -1.63. The van der Waals surface area contributed by atoms with Gasteiger partial charge in [0.2, 0.25) is 0 Å². The molecule has 0 spiro atoms. The average Bonchev–Trinajstić information content (AvgIpc) is 2.46. The van der Waals surface area contributed by atoms with Gasteiger partial charge >= 0.3 is 0 Å². The largest absolute Gasteiger partial charge is 0.486 e. The molecule has 0 saturated heterocycles. The maximum absolute atomic E-state index is 11.4. The molecule has 5 nitrogen and oxygen atoms in total. The number of carbonyl (C=O) groups excluding carboxylic acids is 1. The summed E-state index contributed by atoms with van der Waals surface area (Å²) in [5, 5.41) is 0.321. The summed E-state index contributed by atoms with van der Waals surface area (Å²) >= 11 is 9.43. The van der Waals surface area contributed by atoms with Crippen molar-refractivity contribution in [3.63, 3.8) is 0 Å². The summed E-state index contributed by atoms with van der Waals surface area (Å²) in [5.74, 6) is 5.12. The molecule has 2 rings (SSSR count). The fourth-order valence-electron chi connectivity index (χ4n) is 1.55. The van der Waals surface area contributed by atoms with Crippen LogP contribution in [0.15, 0.2) is 41.1 Å². The molecule has 0 atom stereocenters. The van der Waals surface area contributed by atoms with Crippen LogP contribution in [0.3, 0.4) is 0 Å². The van der Waals surface area contributed by atoms with Gasteiger partial charge in [-0.3, -0.25) is 15.2 Å². The molecule has 1 amide bonds. The molecule has 0 unspecified atom stereocenters. The number of nitrogens with zero attached hydrogens (tertiary/aromatic N) is 1. The lowest BCUT2D eigenvalue weighted by atomic mass is 10.2. The third-order valence-corrected chi connectivity index (χ3v) is 3.37. The monoisotopic (exact) mass is 355 g/mol. The van der Waals surface area contributed by atoms with Crippen LogP contribution >= 0.6 is 27.5 Å². The molecule has 0 aliphatic rings. The number of hydrazine groups is 1. The van der Waals surface area contributed by atoms with Crippen molar-refractivity contribution >= 4 is 33.4 Å². The number of hydrogen-bond donors (Lipinski definition) is 2. The summed E-state index contributed by atoms with van der Waals surface area (Å²) in [6, 6.07) is 6.80. The number of aromatic nitrogens is 1. The zero-order valence-electron chi connectivity index (χ0n) is 10.3. The smallest absolute Gasteiger partial charge is 0.265 e. The third-order valence-electron chi connectivity index (χ3n) is 2.50. The quantitative estimate of drug-likeness (QED) is 0.501. The van der Waals surface area contributed by atoms with Gasteiger partial charge in [-0.25, -0.2) is 5.84 Å². The van der Waals surface area contributed by atoms with Crippen molar-refractivity contribution in [3.05, 3.63) is 57.3 Å². The fourth-order valence-corrected chi connectivity index (χ4v) is 2.51. The number of nitrogen functional groups attached to an aromatic ring is 1. The second-order valence-corrected chi connectivity index (χ2v) is 5.15. The van der Waals surface area contributed by atoms with Gasteiger partial charge < -0.3 is 4.74 Å². The lowest BCUT2D eigenvalue weighted by molar-refractivity contribution is 0.0953. The summed E-state index contributed by atoms with van der Waals surface area (Å²) in [6.07, 6.45) is 3.39. The number of nitrogens with two attached hydrogens (primary N) is 1. The van der Waals surface area contributed by atoms with Gasteiger partial charge in [0.25, 0.3) is 5.91 Å². The topological polar surface area (TPSA) is 77.2 Å². The van der Waals surface area contributed by atoms with Crippen molar-refractivity contribution in [2.45, 2.75) is 6.61 Å². The van der Waals surface area contributed by atoms with E-state index < -0.39 is 5.91 Å². The second kappa shape index (κ2) is 6.69. The van der Waals surface area contributed by atoms with Crippen LogP contribution in [0.25, 0.3) is 0 Å². The SMILES string of the molecule is NNC(=O)c1cc(Cl)c(OCc2cccnc2)c(Br)c1. The molecular formula is C13H11BrClN3O2. The number of nitrogens with one attached hydrogen (secondary N) is 1. The van der Waals surface area contributed by atoms with Gasteiger partial charge in [0, 0.05) is 23.5 Å². The molecule has 0 fully saturated rings. The minimum absolute atomic E-state index is 0.321. The fraction of sp³-hybridized carbons (Fsp3) is 0.0769. The molecule has 0 saturated carbocycles. The van der Waals surface area contributed by atoms with E-state index in [1.807, 2.05) is 17.6 Å². The summed E-state index contributed by atoms with van der Waals surface area (Å²) in [5.41, 5.74) is 3.31. The Bertz CT molecular complexity index is 599. The van der Waals surface area contributed by atoms with Gasteiger partial charge in [0.1, 0.15) is 6.61 Å². The highest BCUT2D eigenvalue weighted by atomic mass is 79.9. The molecular weight excluding hydrogens is 346 g/mol. The van der Waals surface area contributed by atoms with Crippen LogP contribution in [-0.4, -0.2) is 10.9 Å². The van der Waals surface area contributed by atoms with E-state index in [0.29, 0.717) is 27.4 Å². The van der Waals surface area contributed by atoms with E-state index in [-0.39, 0.29) is 0 Å². The predicted octanol–water partition coefficient (Wildman–Crippen LogP) is 2.68. The summed E-state index contributed by atoms with van der Waals surface area (Å²) < 4.78 is 6.22. The molecule has 1 aromatic carbocycles. The average molecular weight is 357 g/mol. The highest BCUT2D eigenvalue weighted by Gasteiger charge is 2.13. The summed E-state index contributed by atoms with van der Waals surface area (Å²) in [6.45, 7) is 0.328. The van der Waals surface area contributed by atoms with Gasteiger partial charge in [0.15, 0.2) is 5.75 Å². The first-order valence-electron chi connectivity index (χ1n) is 5.63. The van der Waals surface area contributed by atoms with Gasteiger partial charge in [-0.05, 0) is 34.1 Å². The van der Waals surface area contributed by atoms with E-state index in [1.165, 1.54) is 6.07 Å². The van der Waals surface area contributed by atoms with Crippen LogP contribution in [0, 0.1) is 0 Å². The van der Waals surface area contributed by atoms with Crippen LogP contribution in [0.2, 0.25) is 5.02 Å². The van der Waals surface area contributed by atoms with Crippen LogP contribution < -0.4 is 16.0 Å². The van der Waals surface area contributed by atoms with Crippen molar-refractivity contribution in [1.82, 2.24) is 10.4 Å². The van der Waals surface area contributed by atoms with Crippen LogP contribution in [0.4, 0.5) is 0 Å². The number of pyridine rings is 1. The lowest BCUT2D eigenvalue weighted by Gasteiger charge is -2.11. The first kappa shape index (κ1) is 14.8. The number of amides is 1. The minimum atomic E-state index is -0.425. The predicted molar refractivity (Wildman–Crippen MR) is 79.4 cm³/mol. The molecule has 3 N–H and O–H groups in total. The first-order chi connectivity index (χ1) is 9.61. The van der Waals surface area contributed by atoms with E-state index in [9.17, 15) is 4.79 Å². The van der Waals surface area contributed by atoms with Crippen LogP contribution in [0.5, 0.6) is 5.75 Å². The van der Waals surface area contributed by atoms with Crippen LogP contribution in [0.1, 0.15) is 15.9 Å². The maximum Gasteiger partial charge on any atom is 0.265 e. The van der Waals surface area contributed by atoms with Crippen LogP contribution in [-0.2, 0) is 6.61 Å². The van der Waals surface area contributed by atoms with E-state index in [0.717, 1.165) is 5.56 Å². The Morgan fingerprint density at radius 2 is 2.30 bits per heavy atom. The Morgan fingerprint density at radius 3 is 2.90 bits per heavy atom. The summed E-state index contributed by atoms with van der Waals surface area (Å²) in [7, 11) is 0. The number of benzene rings is 1. The van der Waals surface area contributed by atoms with Gasteiger partial charge in [0.05, 0.1) is 9.50 Å². The Balaban J connectivity index is 2.18. The third kappa shape index (κ3) is 3.47. The Labute approximate surface area is 129 Å². The Kier molecular flexibility index (Phi) is 4.94. The summed E-state index contributed by atoms with van der Waals surface area (Å²) in [4.78, 5) is 15.4. The number of hydrogen-bond acceptors (Lipinski definition) is 4. The number of carbonyl (C=O) groups is 1.